The second kappa shape index (κ2) is 6.09. The number of rotatable bonds is 3. The summed E-state index contributed by atoms with van der Waals surface area (Å²) in [7, 11) is 0. The third kappa shape index (κ3) is 3.00. The van der Waals surface area contributed by atoms with Crippen LogP contribution in [-0.2, 0) is 0 Å². The second-order valence-electron chi connectivity index (χ2n) is 7.24. The molecular weight excluding hydrogens is 328 g/mol. The van der Waals surface area contributed by atoms with Gasteiger partial charge in [0.2, 0.25) is 0 Å². The van der Waals surface area contributed by atoms with Gasteiger partial charge in [0, 0.05) is 30.4 Å². The average molecular weight is 350 g/mol. The number of fused-ring (bicyclic) bond motifs is 1. The fourth-order valence-corrected chi connectivity index (χ4v) is 3.51. The zero-order valence-corrected chi connectivity index (χ0v) is 15.2. The van der Waals surface area contributed by atoms with Gasteiger partial charge in [0.05, 0.1) is 22.9 Å². The highest BCUT2D eigenvalue weighted by Gasteiger charge is 2.36. The molecule has 0 spiro atoms. The van der Waals surface area contributed by atoms with E-state index in [0.29, 0.717) is 5.56 Å². The highest BCUT2D eigenvalue weighted by molar-refractivity contribution is 5.97. The number of hydrogen-bond acceptors (Lipinski definition) is 5. The molecule has 1 amide bonds. The van der Waals surface area contributed by atoms with Crippen LogP contribution < -0.4 is 10.2 Å². The Morgan fingerprint density at radius 3 is 3.00 bits per heavy atom. The molecule has 1 fully saturated rings. The Kier molecular flexibility index (Phi) is 3.86. The molecule has 1 unspecified atom stereocenters. The molecule has 2 aromatic heterocycles. The number of imidazole rings is 1. The van der Waals surface area contributed by atoms with Crippen LogP contribution in [0.25, 0.3) is 11.0 Å². The van der Waals surface area contributed by atoms with Crippen LogP contribution in [0.5, 0.6) is 0 Å². The molecule has 1 aromatic carbocycles. The third-order valence-corrected chi connectivity index (χ3v) is 4.94. The summed E-state index contributed by atoms with van der Waals surface area (Å²) in [6, 6.07) is 5.51. The number of aromatic nitrogens is 4. The molecule has 0 radical (unpaired) electrons. The molecule has 4 rings (SSSR count). The summed E-state index contributed by atoms with van der Waals surface area (Å²) in [6.07, 6.45) is 4.35. The van der Waals surface area contributed by atoms with Crippen LogP contribution in [0.1, 0.15) is 35.1 Å². The van der Waals surface area contributed by atoms with Crippen molar-refractivity contribution in [3.8, 4) is 0 Å². The lowest BCUT2D eigenvalue weighted by Gasteiger charge is -2.27. The quantitative estimate of drug-likeness (QED) is 0.757. The molecule has 0 aliphatic carbocycles. The van der Waals surface area contributed by atoms with Gasteiger partial charge in [0.15, 0.2) is 0 Å². The summed E-state index contributed by atoms with van der Waals surface area (Å²) in [5.74, 6) is 1.65. The third-order valence-electron chi connectivity index (χ3n) is 4.94. The fourth-order valence-electron chi connectivity index (χ4n) is 3.51. The largest absolute Gasteiger partial charge is 0.354 e. The molecule has 7 heteroatoms. The minimum atomic E-state index is -0.300. The van der Waals surface area contributed by atoms with Crippen molar-refractivity contribution in [2.45, 2.75) is 32.7 Å². The van der Waals surface area contributed by atoms with Crippen molar-refractivity contribution in [2.75, 3.05) is 18.0 Å². The first-order valence-electron chi connectivity index (χ1n) is 8.74. The summed E-state index contributed by atoms with van der Waals surface area (Å²) in [6.45, 7) is 7.58. The molecule has 2 N–H and O–H groups in total. The monoisotopic (exact) mass is 350 g/mol. The summed E-state index contributed by atoms with van der Waals surface area (Å²) < 4.78 is 0. The standard InChI is InChI=1S/C19H22N6O/c1-12-9-20-13(2)23-17(12)25-7-6-19(3,10-25)24-18(26)14-4-5-15-16(8-14)22-11-21-15/h4-5,8-9,11H,6-7,10H2,1-3H3,(H,21,22)(H,24,26). The Hall–Kier alpha value is -2.96. The number of nitrogens with one attached hydrogen (secondary N) is 2. The van der Waals surface area contributed by atoms with Gasteiger partial charge in [-0.05, 0) is 45.4 Å². The van der Waals surface area contributed by atoms with Gasteiger partial charge in [-0.2, -0.15) is 0 Å². The Bertz CT molecular complexity index is 981. The van der Waals surface area contributed by atoms with Crippen molar-refractivity contribution in [2.24, 2.45) is 0 Å². The normalized spacial score (nSPS) is 19.9. The first kappa shape index (κ1) is 16.5. The van der Waals surface area contributed by atoms with E-state index in [1.54, 1.807) is 6.33 Å². The molecule has 0 bridgehead atoms. The van der Waals surface area contributed by atoms with Crippen LogP contribution in [-0.4, -0.2) is 44.5 Å². The van der Waals surface area contributed by atoms with Crippen molar-refractivity contribution < 1.29 is 4.79 Å². The Morgan fingerprint density at radius 1 is 1.31 bits per heavy atom. The molecule has 1 aliphatic rings. The van der Waals surface area contributed by atoms with Gasteiger partial charge in [0.1, 0.15) is 11.6 Å². The molecule has 134 valence electrons. The lowest BCUT2D eigenvalue weighted by Crippen LogP contribution is -2.48. The predicted octanol–water partition coefficient (Wildman–Crippen LogP) is 2.37. The van der Waals surface area contributed by atoms with E-state index in [4.69, 9.17) is 0 Å². The minimum absolute atomic E-state index is 0.0681. The van der Waals surface area contributed by atoms with Crippen molar-refractivity contribution >= 4 is 22.8 Å². The molecule has 1 atom stereocenters. The van der Waals surface area contributed by atoms with Crippen molar-refractivity contribution in [3.05, 3.63) is 47.7 Å². The number of carbonyl (C=O) groups is 1. The van der Waals surface area contributed by atoms with E-state index >= 15 is 0 Å². The van der Waals surface area contributed by atoms with E-state index in [1.165, 1.54) is 0 Å². The summed E-state index contributed by atoms with van der Waals surface area (Å²) >= 11 is 0. The van der Waals surface area contributed by atoms with Crippen LogP contribution in [0.3, 0.4) is 0 Å². The minimum Gasteiger partial charge on any atom is -0.354 e. The maximum atomic E-state index is 12.7. The first-order valence-corrected chi connectivity index (χ1v) is 8.74. The van der Waals surface area contributed by atoms with Crippen molar-refractivity contribution in [1.82, 2.24) is 25.3 Å². The van der Waals surface area contributed by atoms with E-state index in [9.17, 15) is 4.79 Å². The molecule has 1 aliphatic heterocycles. The smallest absolute Gasteiger partial charge is 0.251 e. The van der Waals surface area contributed by atoms with E-state index in [0.717, 1.165) is 47.7 Å². The number of anilines is 1. The second-order valence-corrected chi connectivity index (χ2v) is 7.24. The van der Waals surface area contributed by atoms with E-state index in [2.05, 4.69) is 37.1 Å². The number of nitrogens with zero attached hydrogens (tertiary/aromatic N) is 4. The lowest BCUT2D eigenvalue weighted by atomic mass is 10.0. The average Bonchev–Trinajstić information content (AvgIpc) is 3.23. The highest BCUT2D eigenvalue weighted by Crippen LogP contribution is 2.27. The van der Waals surface area contributed by atoms with Crippen LogP contribution >= 0.6 is 0 Å². The first-order chi connectivity index (χ1) is 12.4. The highest BCUT2D eigenvalue weighted by atomic mass is 16.1. The van der Waals surface area contributed by atoms with Crippen LogP contribution in [0.2, 0.25) is 0 Å². The van der Waals surface area contributed by atoms with Gasteiger partial charge in [-0.3, -0.25) is 4.79 Å². The van der Waals surface area contributed by atoms with Crippen molar-refractivity contribution in [1.29, 1.82) is 0 Å². The zero-order chi connectivity index (χ0) is 18.3. The topological polar surface area (TPSA) is 86.8 Å². The molecule has 3 heterocycles. The summed E-state index contributed by atoms with van der Waals surface area (Å²) in [5.41, 5.74) is 3.11. The van der Waals surface area contributed by atoms with Crippen LogP contribution in [0.4, 0.5) is 5.82 Å². The van der Waals surface area contributed by atoms with Gasteiger partial charge in [-0.1, -0.05) is 0 Å². The molecule has 1 saturated heterocycles. The van der Waals surface area contributed by atoms with Crippen LogP contribution in [0.15, 0.2) is 30.7 Å². The maximum Gasteiger partial charge on any atom is 0.251 e. The number of aryl methyl sites for hydroxylation is 2. The molecule has 7 nitrogen and oxygen atoms in total. The molecule has 0 saturated carbocycles. The number of carbonyl (C=O) groups excluding carboxylic acids is 1. The van der Waals surface area contributed by atoms with E-state index in [-0.39, 0.29) is 11.4 Å². The SMILES string of the molecule is Cc1ncc(C)c(N2CCC(C)(NC(=O)c3ccc4nc[nH]c4c3)C2)n1. The van der Waals surface area contributed by atoms with E-state index in [1.807, 2.05) is 38.2 Å². The number of hydrogen-bond donors (Lipinski definition) is 2. The summed E-state index contributed by atoms with van der Waals surface area (Å²) in [5, 5.41) is 3.20. The molecular formula is C19H22N6O. The van der Waals surface area contributed by atoms with Crippen molar-refractivity contribution in [3.63, 3.8) is 0 Å². The molecule has 3 aromatic rings. The van der Waals surface area contributed by atoms with Gasteiger partial charge >= 0.3 is 0 Å². The number of H-pyrrole nitrogens is 1. The van der Waals surface area contributed by atoms with Gasteiger partial charge in [-0.25, -0.2) is 15.0 Å². The van der Waals surface area contributed by atoms with E-state index < -0.39 is 0 Å². The number of benzene rings is 1. The summed E-state index contributed by atoms with van der Waals surface area (Å²) in [4.78, 5) is 31.0. The molecule has 26 heavy (non-hydrogen) atoms. The Balaban J connectivity index is 1.51. The number of aromatic amines is 1. The fraction of sp³-hybridized carbons (Fsp3) is 0.368. The number of amides is 1. The Morgan fingerprint density at radius 2 is 2.15 bits per heavy atom. The van der Waals surface area contributed by atoms with Crippen LogP contribution in [0, 0.1) is 13.8 Å². The zero-order valence-electron chi connectivity index (χ0n) is 15.2. The Labute approximate surface area is 151 Å². The van der Waals surface area contributed by atoms with Gasteiger partial charge < -0.3 is 15.2 Å². The maximum absolute atomic E-state index is 12.7. The van der Waals surface area contributed by atoms with Gasteiger partial charge in [-0.15, -0.1) is 0 Å². The lowest BCUT2D eigenvalue weighted by molar-refractivity contribution is 0.0914. The van der Waals surface area contributed by atoms with Gasteiger partial charge in [0.25, 0.3) is 5.91 Å². The predicted molar refractivity (Wildman–Crippen MR) is 100 cm³/mol.